The van der Waals surface area contributed by atoms with E-state index in [0.717, 1.165) is 11.1 Å². The molecular formula is C18H28N4O3. The van der Waals surface area contributed by atoms with Crippen molar-refractivity contribution in [1.82, 2.24) is 20.3 Å². The van der Waals surface area contributed by atoms with Gasteiger partial charge < -0.3 is 14.8 Å². The summed E-state index contributed by atoms with van der Waals surface area (Å²) in [6.07, 6.45) is 3.89. The third-order valence-electron chi connectivity index (χ3n) is 5.35. The van der Waals surface area contributed by atoms with Crippen molar-refractivity contribution in [2.75, 3.05) is 0 Å². The maximum atomic E-state index is 10.5. The van der Waals surface area contributed by atoms with E-state index in [2.05, 4.69) is 10.2 Å². The zero-order valence-electron chi connectivity index (χ0n) is 16.2. The normalized spacial score (nSPS) is 27.4. The molecule has 0 atom stereocenters. The highest BCUT2D eigenvalue weighted by molar-refractivity contribution is 5.74. The molecule has 0 spiro atoms. The number of hydrogen-bond acceptors (Lipinski definition) is 7. The van der Waals surface area contributed by atoms with Gasteiger partial charge in [0.2, 0.25) is 11.8 Å². The maximum Gasteiger partial charge on any atom is 0.245 e. The van der Waals surface area contributed by atoms with Gasteiger partial charge in [0.25, 0.3) is 0 Å². The average molecular weight is 348 g/mol. The molecule has 7 nitrogen and oxygen atoms in total. The number of nitrogens with zero attached hydrogens (tertiary/aromatic N) is 4. The molecule has 0 unspecified atom stereocenters. The standard InChI is InChI=1S/C18H28N4O3/c1-15(2)9-11(17(5,6)21(15)23)13-19-20-14(25-13)12-10-16(3,4)22(24)18(12,7)8/h9-10,23-24H,1-8H3. The van der Waals surface area contributed by atoms with Gasteiger partial charge in [-0.15, -0.1) is 10.2 Å². The Morgan fingerprint density at radius 3 is 1.28 bits per heavy atom. The summed E-state index contributed by atoms with van der Waals surface area (Å²) in [6, 6.07) is 0. The lowest BCUT2D eigenvalue weighted by Crippen LogP contribution is -2.47. The summed E-state index contributed by atoms with van der Waals surface area (Å²) >= 11 is 0. The topological polar surface area (TPSA) is 85.9 Å². The molecule has 0 bridgehead atoms. The lowest BCUT2D eigenvalue weighted by molar-refractivity contribution is -0.181. The lowest BCUT2D eigenvalue weighted by atomic mass is 9.96. The van der Waals surface area contributed by atoms with Gasteiger partial charge in [0, 0.05) is 11.1 Å². The summed E-state index contributed by atoms with van der Waals surface area (Å²) in [6.45, 7) is 15.3. The minimum Gasteiger partial charge on any atom is -0.417 e. The molecule has 0 amide bonds. The van der Waals surface area contributed by atoms with E-state index in [0.29, 0.717) is 11.8 Å². The van der Waals surface area contributed by atoms with Crippen molar-refractivity contribution in [2.45, 2.75) is 77.5 Å². The molecule has 138 valence electrons. The van der Waals surface area contributed by atoms with E-state index in [9.17, 15) is 10.4 Å². The van der Waals surface area contributed by atoms with Crippen LogP contribution < -0.4 is 0 Å². The fraction of sp³-hybridized carbons (Fsp3) is 0.667. The first-order valence-corrected chi connectivity index (χ1v) is 8.50. The Hall–Kier alpha value is -1.54. The molecule has 0 aromatic carbocycles. The lowest BCUT2D eigenvalue weighted by Gasteiger charge is -2.35. The Balaban J connectivity index is 2.03. The van der Waals surface area contributed by atoms with Crippen molar-refractivity contribution in [1.29, 1.82) is 0 Å². The van der Waals surface area contributed by atoms with Crippen molar-refractivity contribution in [3.8, 4) is 0 Å². The summed E-state index contributed by atoms with van der Waals surface area (Å²) in [7, 11) is 0. The molecule has 0 saturated heterocycles. The SMILES string of the molecule is CC1(C)C=C(c2nnc(C3=CC(C)(C)N(O)C3(C)C)o2)C(C)(C)N1O. The first-order valence-electron chi connectivity index (χ1n) is 8.50. The van der Waals surface area contributed by atoms with Gasteiger partial charge in [-0.3, -0.25) is 0 Å². The van der Waals surface area contributed by atoms with Crippen LogP contribution in [0.5, 0.6) is 0 Å². The average Bonchev–Trinajstić information content (AvgIpc) is 3.06. The Kier molecular flexibility index (Phi) is 3.66. The van der Waals surface area contributed by atoms with Crippen LogP contribution in [0.25, 0.3) is 11.1 Å². The fourth-order valence-corrected chi connectivity index (χ4v) is 3.94. The van der Waals surface area contributed by atoms with Crippen LogP contribution in [0, 0.1) is 0 Å². The van der Waals surface area contributed by atoms with Crippen LogP contribution in [0.1, 0.15) is 67.2 Å². The van der Waals surface area contributed by atoms with Crippen molar-refractivity contribution < 1.29 is 14.8 Å². The molecular weight excluding hydrogens is 320 g/mol. The monoisotopic (exact) mass is 348 g/mol. The van der Waals surface area contributed by atoms with E-state index < -0.39 is 22.2 Å². The van der Waals surface area contributed by atoms with Gasteiger partial charge in [-0.2, -0.15) is 10.1 Å². The van der Waals surface area contributed by atoms with E-state index >= 15 is 0 Å². The second-order valence-corrected chi connectivity index (χ2v) is 9.08. The molecule has 0 radical (unpaired) electrons. The van der Waals surface area contributed by atoms with Gasteiger partial charge in [-0.05, 0) is 55.4 Å². The van der Waals surface area contributed by atoms with Gasteiger partial charge in [0.05, 0.1) is 22.2 Å². The molecule has 1 aromatic rings. The second kappa shape index (κ2) is 5.01. The summed E-state index contributed by atoms with van der Waals surface area (Å²) in [4.78, 5) is 0. The number of rotatable bonds is 2. The van der Waals surface area contributed by atoms with Crippen LogP contribution >= 0.6 is 0 Å². The maximum absolute atomic E-state index is 10.5. The third kappa shape index (κ3) is 2.49. The van der Waals surface area contributed by atoms with Crippen LogP contribution in [0.15, 0.2) is 16.6 Å². The minimum absolute atomic E-state index is 0.385. The zero-order chi connectivity index (χ0) is 19.0. The van der Waals surface area contributed by atoms with Crippen molar-refractivity contribution in [3.63, 3.8) is 0 Å². The smallest absolute Gasteiger partial charge is 0.245 e. The van der Waals surface area contributed by atoms with Crippen molar-refractivity contribution in [2.24, 2.45) is 0 Å². The zero-order valence-corrected chi connectivity index (χ0v) is 16.2. The molecule has 0 saturated carbocycles. The molecule has 1 aromatic heterocycles. The van der Waals surface area contributed by atoms with Crippen LogP contribution in [-0.2, 0) is 0 Å². The minimum atomic E-state index is -0.644. The van der Waals surface area contributed by atoms with Crippen LogP contribution in [0.2, 0.25) is 0 Å². The summed E-state index contributed by atoms with van der Waals surface area (Å²) < 4.78 is 5.97. The second-order valence-electron chi connectivity index (χ2n) is 9.08. The first-order chi connectivity index (χ1) is 11.2. The van der Waals surface area contributed by atoms with E-state index in [4.69, 9.17) is 4.42 Å². The van der Waals surface area contributed by atoms with Crippen LogP contribution in [0.4, 0.5) is 0 Å². The van der Waals surface area contributed by atoms with E-state index in [1.165, 1.54) is 10.1 Å². The van der Waals surface area contributed by atoms with Crippen LogP contribution in [-0.4, -0.2) is 52.9 Å². The fourth-order valence-electron chi connectivity index (χ4n) is 3.94. The highest BCUT2D eigenvalue weighted by Gasteiger charge is 2.49. The largest absolute Gasteiger partial charge is 0.417 e. The van der Waals surface area contributed by atoms with Crippen molar-refractivity contribution >= 4 is 11.1 Å². The van der Waals surface area contributed by atoms with Gasteiger partial charge in [-0.25, -0.2) is 0 Å². The van der Waals surface area contributed by atoms with Gasteiger partial charge in [0.1, 0.15) is 0 Å². The Morgan fingerprint density at radius 2 is 1.04 bits per heavy atom. The molecule has 2 N–H and O–H groups in total. The molecule has 25 heavy (non-hydrogen) atoms. The van der Waals surface area contributed by atoms with Crippen LogP contribution in [0.3, 0.4) is 0 Å². The molecule has 7 heteroatoms. The predicted octanol–water partition coefficient (Wildman–Crippen LogP) is 3.36. The first kappa shape index (κ1) is 18.3. The number of hydroxylamine groups is 4. The molecule has 2 aliphatic heterocycles. The molecule has 0 fully saturated rings. The predicted molar refractivity (Wildman–Crippen MR) is 93.8 cm³/mol. The van der Waals surface area contributed by atoms with E-state index in [-0.39, 0.29) is 0 Å². The molecule has 3 rings (SSSR count). The Morgan fingerprint density at radius 1 is 0.720 bits per heavy atom. The van der Waals surface area contributed by atoms with Crippen molar-refractivity contribution in [3.05, 3.63) is 23.9 Å². The summed E-state index contributed by atoms with van der Waals surface area (Å²) in [5.41, 5.74) is -0.762. The highest BCUT2D eigenvalue weighted by atomic mass is 16.5. The van der Waals surface area contributed by atoms with Gasteiger partial charge >= 0.3 is 0 Å². The quantitative estimate of drug-likeness (QED) is 0.847. The number of hydrogen-bond donors (Lipinski definition) is 2. The van der Waals surface area contributed by atoms with E-state index in [1.54, 1.807) is 0 Å². The van der Waals surface area contributed by atoms with E-state index in [1.807, 2.05) is 67.5 Å². The number of aromatic nitrogens is 2. The Labute approximate surface area is 148 Å². The Bertz CT molecular complexity index is 709. The molecule has 0 aliphatic carbocycles. The molecule has 3 heterocycles. The summed E-state index contributed by atoms with van der Waals surface area (Å²) in [5.74, 6) is 0.769. The summed E-state index contributed by atoms with van der Waals surface area (Å²) in [5, 5.41) is 32.0. The third-order valence-corrected chi connectivity index (χ3v) is 5.35. The molecule has 2 aliphatic rings. The van der Waals surface area contributed by atoms with Gasteiger partial charge in [0.15, 0.2) is 0 Å². The van der Waals surface area contributed by atoms with Gasteiger partial charge in [-0.1, -0.05) is 12.2 Å². The highest BCUT2D eigenvalue weighted by Crippen LogP contribution is 2.46.